The molecular formula is C14H12F2N2O2. The molecule has 0 atom stereocenters. The average molecular weight is 278 g/mol. The van der Waals surface area contributed by atoms with Crippen molar-refractivity contribution < 1.29 is 18.3 Å². The van der Waals surface area contributed by atoms with E-state index in [1.54, 1.807) is 24.3 Å². The summed E-state index contributed by atoms with van der Waals surface area (Å²) in [6.45, 7) is -0.219. The summed E-state index contributed by atoms with van der Waals surface area (Å²) in [5, 5.41) is 8.71. The molecule has 6 heteroatoms. The van der Waals surface area contributed by atoms with E-state index in [4.69, 9.17) is 10.00 Å². The summed E-state index contributed by atoms with van der Waals surface area (Å²) in [6, 6.07) is 8.65. The van der Waals surface area contributed by atoms with Crippen molar-refractivity contribution in [1.82, 2.24) is 4.90 Å². The number of alkyl halides is 2. The topological polar surface area (TPSA) is 53.3 Å². The summed E-state index contributed by atoms with van der Waals surface area (Å²) in [7, 11) is 0. The predicted octanol–water partition coefficient (Wildman–Crippen LogP) is 2.07. The van der Waals surface area contributed by atoms with Gasteiger partial charge in [0.1, 0.15) is 6.61 Å². The van der Waals surface area contributed by atoms with Gasteiger partial charge in [0.25, 0.3) is 6.43 Å². The predicted molar refractivity (Wildman–Crippen MR) is 66.6 cm³/mol. The lowest BCUT2D eigenvalue weighted by Gasteiger charge is -2.24. The van der Waals surface area contributed by atoms with Gasteiger partial charge in [0, 0.05) is 12.6 Å². The van der Waals surface area contributed by atoms with Crippen LogP contribution in [0.3, 0.4) is 0 Å². The van der Waals surface area contributed by atoms with Gasteiger partial charge in [-0.2, -0.15) is 5.26 Å². The molecule has 0 saturated heterocycles. The van der Waals surface area contributed by atoms with Crippen molar-refractivity contribution in [2.24, 2.45) is 0 Å². The molecule has 0 fully saturated rings. The lowest BCUT2D eigenvalue weighted by molar-refractivity contribution is -0.135. The Morgan fingerprint density at radius 2 is 2.05 bits per heavy atom. The minimum atomic E-state index is -2.51. The van der Waals surface area contributed by atoms with Gasteiger partial charge in [-0.25, -0.2) is 13.6 Å². The van der Waals surface area contributed by atoms with Gasteiger partial charge in [0.15, 0.2) is 0 Å². The maximum atomic E-state index is 12.6. The molecule has 0 bridgehead atoms. The number of carbonyl (C=O) groups is 1. The second kappa shape index (κ2) is 6.15. The minimum absolute atomic E-state index is 0.0157. The minimum Gasteiger partial charge on any atom is -0.456 e. The third kappa shape index (κ3) is 3.54. The van der Waals surface area contributed by atoms with Crippen molar-refractivity contribution in [1.29, 1.82) is 5.26 Å². The Labute approximate surface area is 114 Å². The van der Waals surface area contributed by atoms with E-state index < -0.39 is 18.9 Å². The molecule has 1 aromatic rings. The fourth-order valence-electron chi connectivity index (χ4n) is 1.90. The van der Waals surface area contributed by atoms with Crippen LogP contribution in [0.15, 0.2) is 36.0 Å². The monoisotopic (exact) mass is 278 g/mol. The highest BCUT2D eigenvalue weighted by Crippen LogP contribution is 2.17. The van der Waals surface area contributed by atoms with Crippen LogP contribution in [0, 0.1) is 11.3 Å². The summed E-state index contributed by atoms with van der Waals surface area (Å²) in [6.07, 6.45) is -1.28. The average Bonchev–Trinajstić information content (AvgIpc) is 2.85. The van der Waals surface area contributed by atoms with Gasteiger partial charge >= 0.3 is 5.97 Å². The third-order valence-electron chi connectivity index (χ3n) is 2.87. The van der Waals surface area contributed by atoms with Gasteiger partial charge < -0.3 is 9.64 Å². The van der Waals surface area contributed by atoms with Gasteiger partial charge in [0.2, 0.25) is 0 Å². The molecule has 1 heterocycles. The number of carbonyl (C=O) groups excluding carboxylic acids is 1. The fraction of sp³-hybridized carbons (Fsp3) is 0.286. The van der Waals surface area contributed by atoms with Crippen LogP contribution in [0.2, 0.25) is 0 Å². The Balaban J connectivity index is 2.13. The molecule has 0 aliphatic carbocycles. The second-order valence-electron chi connectivity index (χ2n) is 4.32. The third-order valence-corrected chi connectivity index (χ3v) is 2.87. The van der Waals surface area contributed by atoms with E-state index in [1.807, 2.05) is 6.07 Å². The number of ether oxygens (including phenoxy) is 1. The second-order valence-corrected chi connectivity index (χ2v) is 4.32. The molecule has 0 radical (unpaired) electrons. The van der Waals surface area contributed by atoms with Crippen LogP contribution >= 0.6 is 0 Å². The van der Waals surface area contributed by atoms with Crippen molar-refractivity contribution in [2.75, 3.05) is 13.2 Å². The van der Waals surface area contributed by atoms with Gasteiger partial charge in [-0.05, 0) is 17.7 Å². The molecule has 0 unspecified atom stereocenters. The highest BCUT2D eigenvalue weighted by atomic mass is 19.3. The van der Waals surface area contributed by atoms with E-state index in [-0.39, 0.29) is 13.2 Å². The molecule has 2 rings (SSSR count). The van der Waals surface area contributed by atoms with Crippen molar-refractivity contribution in [3.8, 4) is 6.07 Å². The van der Waals surface area contributed by atoms with E-state index in [9.17, 15) is 13.6 Å². The fourth-order valence-corrected chi connectivity index (χ4v) is 1.90. The SMILES string of the molecule is N#Cc1ccc(CN(CC(F)F)C2=CC(=O)OC2)cc1. The first-order valence-electron chi connectivity index (χ1n) is 5.98. The number of halogens is 2. The van der Waals surface area contributed by atoms with Crippen LogP contribution in [0.4, 0.5) is 8.78 Å². The molecule has 1 aliphatic heterocycles. The number of benzene rings is 1. The zero-order valence-corrected chi connectivity index (χ0v) is 10.6. The van der Waals surface area contributed by atoms with Crippen LogP contribution in [0.5, 0.6) is 0 Å². The number of nitriles is 1. The van der Waals surface area contributed by atoms with Crippen molar-refractivity contribution in [2.45, 2.75) is 13.0 Å². The van der Waals surface area contributed by atoms with Crippen molar-refractivity contribution in [3.05, 3.63) is 47.2 Å². The van der Waals surface area contributed by atoms with Gasteiger partial charge in [-0.3, -0.25) is 0 Å². The lowest BCUT2D eigenvalue weighted by atomic mass is 10.1. The Morgan fingerprint density at radius 3 is 2.55 bits per heavy atom. The summed E-state index contributed by atoms with van der Waals surface area (Å²) in [5.74, 6) is -0.515. The smallest absolute Gasteiger partial charge is 0.333 e. The normalized spacial score (nSPS) is 13.9. The Hall–Kier alpha value is -2.42. The number of cyclic esters (lactones) is 1. The molecule has 1 aromatic carbocycles. The molecule has 0 saturated carbocycles. The molecule has 4 nitrogen and oxygen atoms in total. The Bertz CT molecular complexity index is 562. The zero-order chi connectivity index (χ0) is 14.5. The van der Waals surface area contributed by atoms with Gasteiger partial charge in [-0.1, -0.05) is 12.1 Å². The molecule has 0 amide bonds. The van der Waals surface area contributed by atoms with Gasteiger partial charge in [0.05, 0.1) is 23.9 Å². The number of esters is 1. The quantitative estimate of drug-likeness (QED) is 0.774. The highest BCUT2D eigenvalue weighted by Gasteiger charge is 2.22. The summed E-state index contributed by atoms with van der Waals surface area (Å²) < 4.78 is 30.0. The largest absolute Gasteiger partial charge is 0.456 e. The molecule has 0 spiro atoms. The molecule has 104 valence electrons. The molecule has 0 aromatic heterocycles. The van der Waals surface area contributed by atoms with Crippen LogP contribution < -0.4 is 0 Å². The summed E-state index contributed by atoms with van der Waals surface area (Å²) in [5.41, 5.74) is 1.73. The van der Waals surface area contributed by atoms with E-state index in [2.05, 4.69) is 0 Å². The maximum absolute atomic E-state index is 12.6. The van der Waals surface area contributed by atoms with Crippen molar-refractivity contribution >= 4 is 5.97 Å². The number of hydrogen-bond donors (Lipinski definition) is 0. The first-order chi connectivity index (χ1) is 9.58. The molecule has 0 N–H and O–H groups in total. The van der Waals surface area contributed by atoms with E-state index in [0.717, 1.165) is 5.56 Å². The lowest BCUT2D eigenvalue weighted by Crippen LogP contribution is -2.28. The highest BCUT2D eigenvalue weighted by molar-refractivity contribution is 5.85. The summed E-state index contributed by atoms with van der Waals surface area (Å²) >= 11 is 0. The molecular weight excluding hydrogens is 266 g/mol. The number of nitrogens with zero attached hydrogens (tertiary/aromatic N) is 2. The Morgan fingerprint density at radius 1 is 1.35 bits per heavy atom. The van der Waals surface area contributed by atoms with Crippen molar-refractivity contribution in [3.63, 3.8) is 0 Å². The van der Waals surface area contributed by atoms with Crippen LogP contribution in [0.1, 0.15) is 11.1 Å². The number of rotatable bonds is 5. The van der Waals surface area contributed by atoms with E-state index in [0.29, 0.717) is 11.3 Å². The Kier molecular flexibility index (Phi) is 4.31. The van der Waals surface area contributed by atoms with E-state index >= 15 is 0 Å². The summed E-state index contributed by atoms with van der Waals surface area (Å²) in [4.78, 5) is 12.4. The maximum Gasteiger partial charge on any atom is 0.333 e. The molecule has 1 aliphatic rings. The van der Waals surface area contributed by atoms with Crippen LogP contribution in [-0.2, 0) is 16.1 Å². The van der Waals surface area contributed by atoms with Crippen LogP contribution in [0.25, 0.3) is 0 Å². The number of hydrogen-bond acceptors (Lipinski definition) is 4. The first kappa shape index (κ1) is 14.0. The standard InChI is InChI=1S/C14H12F2N2O2/c15-13(16)8-18(12-5-14(19)20-9-12)7-11-3-1-10(6-17)2-4-11/h1-5,13H,7-9H2. The molecule has 20 heavy (non-hydrogen) atoms. The van der Waals surface area contributed by atoms with Gasteiger partial charge in [-0.15, -0.1) is 0 Å². The van der Waals surface area contributed by atoms with Crippen LogP contribution in [-0.4, -0.2) is 30.4 Å². The van der Waals surface area contributed by atoms with E-state index in [1.165, 1.54) is 11.0 Å². The first-order valence-corrected chi connectivity index (χ1v) is 5.98. The zero-order valence-electron chi connectivity index (χ0n) is 10.6.